The van der Waals surface area contributed by atoms with E-state index in [0.717, 1.165) is 12.8 Å². The van der Waals surface area contributed by atoms with Gasteiger partial charge < -0.3 is 10.1 Å². The molecule has 1 saturated heterocycles. The fraction of sp³-hybridized carbons (Fsp3) is 0.263. The first-order valence-corrected chi connectivity index (χ1v) is 12.3. The number of benzene rings is 2. The number of nitrogens with two attached hydrogens (primary N) is 1. The Hall–Kier alpha value is -2.80. The zero-order valence-corrected chi connectivity index (χ0v) is 18.0. The smallest absolute Gasteiger partial charge is 0.338 e. The van der Waals surface area contributed by atoms with Crippen LogP contribution in [0.15, 0.2) is 58.3 Å². The number of primary sulfonamides is 1. The van der Waals surface area contributed by atoms with E-state index in [9.17, 15) is 26.4 Å². The summed E-state index contributed by atoms with van der Waals surface area (Å²) < 4.78 is 53.8. The molecule has 10 nitrogen and oxygen atoms in total. The third kappa shape index (κ3) is 5.67. The average molecular weight is 468 g/mol. The molecule has 12 heteroatoms. The third-order valence-electron chi connectivity index (χ3n) is 4.59. The molecule has 0 radical (unpaired) electrons. The van der Waals surface area contributed by atoms with Gasteiger partial charge in [-0.3, -0.25) is 4.79 Å². The summed E-state index contributed by atoms with van der Waals surface area (Å²) in [6.07, 6.45) is 1.64. The summed E-state index contributed by atoms with van der Waals surface area (Å²) in [6.45, 7) is 0.377. The number of nitrogens with zero attached hydrogens (tertiary/aromatic N) is 1. The lowest BCUT2D eigenvalue weighted by Crippen LogP contribution is -2.27. The van der Waals surface area contributed by atoms with Crippen molar-refractivity contribution < 1.29 is 31.2 Å². The highest BCUT2D eigenvalue weighted by atomic mass is 32.2. The lowest BCUT2D eigenvalue weighted by molar-refractivity contribution is -0.119. The molecular weight excluding hydrogens is 446 g/mol. The van der Waals surface area contributed by atoms with Crippen LogP contribution in [0.2, 0.25) is 0 Å². The molecule has 0 bridgehead atoms. The summed E-state index contributed by atoms with van der Waals surface area (Å²) in [5.74, 6) is -1.42. The van der Waals surface area contributed by atoms with Gasteiger partial charge >= 0.3 is 5.97 Å². The van der Waals surface area contributed by atoms with Gasteiger partial charge in [0, 0.05) is 18.8 Å². The number of carbonyl (C=O) groups excluding carboxylic acids is 2. The normalized spacial score (nSPS) is 14.9. The van der Waals surface area contributed by atoms with E-state index in [4.69, 9.17) is 9.88 Å². The number of ether oxygens (including phenoxy) is 1. The first kappa shape index (κ1) is 22.9. The van der Waals surface area contributed by atoms with Crippen LogP contribution >= 0.6 is 0 Å². The van der Waals surface area contributed by atoms with Gasteiger partial charge in [-0.2, -0.15) is 4.31 Å². The molecule has 1 heterocycles. The van der Waals surface area contributed by atoms with E-state index < -0.39 is 38.5 Å². The van der Waals surface area contributed by atoms with Crippen LogP contribution in [0.3, 0.4) is 0 Å². The maximum absolute atomic E-state index is 12.5. The molecule has 31 heavy (non-hydrogen) atoms. The van der Waals surface area contributed by atoms with Crippen LogP contribution in [0.25, 0.3) is 0 Å². The van der Waals surface area contributed by atoms with Crippen LogP contribution in [-0.4, -0.2) is 52.7 Å². The van der Waals surface area contributed by atoms with E-state index in [0.29, 0.717) is 18.8 Å². The molecule has 166 valence electrons. The second kappa shape index (κ2) is 9.14. The van der Waals surface area contributed by atoms with Crippen molar-refractivity contribution in [1.82, 2.24) is 4.31 Å². The molecule has 0 aliphatic carbocycles. The number of esters is 1. The molecule has 1 aliphatic rings. The fourth-order valence-electron chi connectivity index (χ4n) is 2.98. The van der Waals surface area contributed by atoms with Crippen molar-refractivity contribution in [3.8, 4) is 0 Å². The minimum Gasteiger partial charge on any atom is -0.452 e. The summed E-state index contributed by atoms with van der Waals surface area (Å²) in [7, 11) is -7.42. The summed E-state index contributed by atoms with van der Waals surface area (Å²) in [4.78, 5) is 24.1. The van der Waals surface area contributed by atoms with Crippen LogP contribution in [0.4, 0.5) is 5.69 Å². The molecule has 0 unspecified atom stereocenters. The van der Waals surface area contributed by atoms with Crippen LogP contribution in [0.1, 0.15) is 23.2 Å². The van der Waals surface area contributed by atoms with Gasteiger partial charge in [-0.15, -0.1) is 0 Å². The van der Waals surface area contributed by atoms with E-state index in [2.05, 4.69) is 5.32 Å². The van der Waals surface area contributed by atoms with E-state index in [-0.39, 0.29) is 15.4 Å². The zero-order valence-electron chi connectivity index (χ0n) is 16.4. The number of hydrogen-bond acceptors (Lipinski definition) is 7. The summed E-state index contributed by atoms with van der Waals surface area (Å²) in [6, 6.07) is 10.5. The molecule has 1 fully saturated rings. The zero-order chi connectivity index (χ0) is 22.6. The van der Waals surface area contributed by atoms with Gasteiger partial charge in [0.2, 0.25) is 20.0 Å². The predicted molar refractivity (Wildman–Crippen MR) is 111 cm³/mol. The predicted octanol–water partition coefficient (Wildman–Crippen LogP) is 0.914. The van der Waals surface area contributed by atoms with Crippen molar-refractivity contribution in [2.45, 2.75) is 22.6 Å². The molecule has 0 atom stereocenters. The molecular formula is C19H21N3O7S2. The maximum Gasteiger partial charge on any atom is 0.338 e. The Bertz CT molecular complexity index is 1170. The van der Waals surface area contributed by atoms with Crippen LogP contribution in [-0.2, 0) is 29.6 Å². The van der Waals surface area contributed by atoms with Gasteiger partial charge in [0.1, 0.15) is 0 Å². The standard InChI is InChI=1S/C19H21N3O7S2/c20-30(25,26)16-9-5-15(6-10-16)21-18(23)13-29-19(24)14-3-7-17(8-4-14)31(27,28)22-11-1-2-12-22/h3-10H,1-2,11-13H2,(H,21,23)(H2,20,25,26). The highest BCUT2D eigenvalue weighted by molar-refractivity contribution is 7.89. The van der Waals surface area contributed by atoms with Crippen molar-refractivity contribution in [1.29, 1.82) is 0 Å². The van der Waals surface area contributed by atoms with Gasteiger partial charge in [0.05, 0.1) is 15.4 Å². The minimum absolute atomic E-state index is 0.0895. The van der Waals surface area contributed by atoms with Crippen molar-refractivity contribution in [3.05, 3.63) is 54.1 Å². The van der Waals surface area contributed by atoms with Gasteiger partial charge in [-0.05, 0) is 61.4 Å². The molecule has 3 rings (SSSR count). The number of amides is 1. The van der Waals surface area contributed by atoms with E-state index >= 15 is 0 Å². The van der Waals surface area contributed by atoms with Crippen molar-refractivity contribution >= 4 is 37.6 Å². The molecule has 0 spiro atoms. The average Bonchev–Trinajstić information content (AvgIpc) is 3.28. The second-order valence-electron chi connectivity index (χ2n) is 6.83. The quantitative estimate of drug-likeness (QED) is 0.574. The third-order valence-corrected chi connectivity index (χ3v) is 7.44. The largest absolute Gasteiger partial charge is 0.452 e. The molecule has 2 aromatic carbocycles. The first-order valence-electron chi connectivity index (χ1n) is 9.27. The van der Waals surface area contributed by atoms with E-state index in [1.165, 1.54) is 52.8 Å². The van der Waals surface area contributed by atoms with Gasteiger partial charge in [-0.25, -0.2) is 26.8 Å². The number of rotatable bonds is 7. The van der Waals surface area contributed by atoms with E-state index in [1.54, 1.807) is 0 Å². The summed E-state index contributed by atoms with van der Waals surface area (Å²) >= 11 is 0. The first-order chi connectivity index (χ1) is 14.6. The van der Waals surface area contributed by atoms with Gasteiger partial charge in [-0.1, -0.05) is 0 Å². The molecule has 2 aromatic rings. The highest BCUT2D eigenvalue weighted by Gasteiger charge is 2.27. The molecule has 0 saturated carbocycles. The molecule has 1 aliphatic heterocycles. The molecule has 3 N–H and O–H groups in total. The highest BCUT2D eigenvalue weighted by Crippen LogP contribution is 2.21. The van der Waals surface area contributed by atoms with Crippen LogP contribution < -0.4 is 10.5 Å². The minimum atomic E-state index is -3.84. The fourth-order valence-corrected chi connectivity index (χ4v) is 5.01. The Morgan fingerprint density at radius 2 is 1.45 bits per heavy atom. The Kier molecular flexibility index (Phi) is 6.74. The second-order valence-corrected chi connectivity index (χ2v) is 10.3. The van der Waals surface area contributed by atoms with Crippen molar-refractivity contribution in [2.75, 3.05) is 25.0 Å². The Morgan fingerprint density at radius 1 is 0.903 bits per heavy atom. The maximum atomic E-state index is 12.5. The van der Waals surface area contributed by atoms with Gasteiger partial charge in [0.25, 0.3) is 5.91 Å². The lowest BCUT2D eigenvalue weighted by Gasteiger charge is -2.15. The lowest BCUT2D eigenvalue weighted by atomic mass is 10.2. The topological polar surface area (TPSA) is 153 Å². The monoisotopic (exact) mass is 467 g/mol. The SMILES string of the molecule is NS(=O)(=O)c1ccc(NC(=O)COC(=O)c2ccc(S(=O)(=O)N3CCCC3)cc2)cc1. The summed E-state index contributed by atoms with van der Waals surface area (Å²) in [5, 5.41) is 7.45. The molecule has 0 aromatic heterocycles. The summed E-state index contributed by atoms with van der Waals surface area (Å²) in [5.41, 5.74) is 0.399. The van der Waals surface area contributed by atoms with Crippen LogP contribution in [0.5, 0.6) is 0 Å². The van der Waals surface area contributed by atoms with E-state index in [1.807, 2.05) is 0 Å². The molecule has 1 amide bonds. The van der Waals surface area contributed by atoms with Crippen molar-refractivity contribution in [3.63, 3.8) is 0 Å². The number of sulfonamides is 2. The number of nitrogens with one attached hydrogen (secondary N) is 1. The Balaban J connectivity index is 1.55. The number of carbonyl (C=O) groups is 2. The Morgan fingerprint density at radius 3 is 2.00 bits per heavy atom. The number of hydrogen-bond donors (Lipinski definition) is 2. The van der Waals surface area contributed by atoms with Crippen molar-refractivity contribution in [2.24, 2.45) is 5.14 Å². The Labute approximate surface area is 180 Å². The number of anilines is 1. The van der Waals surface area contributed by atoms with Gasteiger partial charge in [0.15, 0.2) is 6.61 Å². The van der Waals surface area contributed by atoms with Crippen LogP contribution in [0, 0.1) is 0 Å².